The highest BCUT2D eigenvalue weighted by atomic mass is 32.2. The molecule has 1 aromatic rings. The fourth-order valence-electron chi connectivity index (χ4n) is 2.47. The molecule has 0 spiro atoms. The van der Waals surface area contributed by atoms with Crippen molar-refractivity contribution in [3.8, 4) is 11.5 Å². The number of amides is 1. The topological polar surface area (TPSA) is 76.7 Å². The fraction of sp³-hybridized carbons (Fsp3) is 0.438. The summed E-state index contributed by atoms with van der Waals surface area (Å²) in [7, 11) is 1.95. The third-order valence-corrected chi connectivity index (χ3v) is 4.75. The van der Waals surface area contributed by atoms with Crippen LogP contribution in [0.25, 0.3) is 6.08 Å². The number of benzene rings is 1. The minimum atomic E-state index is -1.17. The lowest BCUT2D eigenvalue weighted by Crippen LogP contribution is -2.52. The van der Waals surface area contributed by atoms with Crippen LogP contribution in [0.5, 0.6) is 11.5 Å². The molecule has 0 aliphatic carbocycles. The van der Waals surface area contributed by atoms with Gasteiger partial charge in [-0.25, -0.2) is 5.43 Å². The van der Waals surface area contributed by atoms with Gasteiger partial charge in [0, 0.05) is 30.3 Å². The molecule has 23 heavy (non-hydrogen) atoms. The molecule has 2 N–H and O–H groups in total. The van der Waals surface area contributed by atoms with Gasteiger partial charge in [0.05, 0.1) is 29.9 Å². The Hall–Kier alpha value is -1.86. The van der Waals surface area contributed by atoms with Crippen LogP contribution in [0.1, 0.15) is 18.9 Å². The molecular formula is C16H22N2O4S. The molecule has 1 aliphatic heterocycles. The van der Waals surface area contributed by atoms with Crippen LogP contribution in [0.2, 0.25) is 0 Å². The minimum Gasteiger partial charge on any atom is -0.496 e. The second kappa shape index (κ2) is 7.61. The van der Waals surface area contributed by atoms with Gasteiger partial charge in [0.25, 0.3) is 0 Å². The number of rotatable bonds is 5. The number of methoxy groups -OCH3 is 2. The fourth-order valence-corrected chi connectivity index (χ4v) is 3.17. The Balaban J connectivity index is 2.29. The first-order valence-electron chi connectivity index (χ1n) is 7.28. The highest BCUT2D eigenvalue weighted by molar-refractivity contribution is 7.84. The van der Waals surface area contributed by atoms with E-state index in [4.69, 9.17) is 9.47 Å². The maximum atomic E-state index is 11.8. The maximum absolute atomic E-state index is 11.8. The highest BCUT2D eigenvalue weighted by Crippen LogP contribution is 2.32. The summed E-state index contributed by atoms with van der Waals surface area (Å²) < 4.78 is 22.5. The van der Waals surface area contributed by atoms with E-state index in [-0.39, 0.29) is 17.9 Å². The summed E-state index contributed by atoms with van der Waals surface area (Å²) in [6, 6.07) is 3.56. The van der Waals surface area contributed by atoms with Crippen LogP contribution in [0.3, 0.4) is 0 Å². The zero-order valence-electron chi connectivity index (χ0n) is 13.7. The number of hydrogen-bond donors (Lipinski definition) is 2. The van der Waals surface area contributed by atoms with Crippen molar-refractivity contribution in [2.24, 2.45) is 5.92 Å². The Morgan fingerprint density at radius 2 is 1.96 bits per heavy atom. The van der Waals surface area contributed by atoms with Crippen molar-refractivity contribution in [2.45, 2.75) is 24.3 Å². The van der Waals surface area contributed by atoms with E-state index < -0.39 is 10.8 Å². The first kappa shape index (κ1) is 17.5. The Labute approximate surface area is 138 Å². The molecule has 1 saturated heterocycles. The SMILES string of the molecule is COc1cc(S(C)=O)c(OC)cc1/C=C/C1NNC(=O)CC1C. The van der Waals surface area contributed by atoms with Crippen molar-refractivity contribution >= 4 is 22.8 Å². The van der Waals surface area contributed by atoms with Gasteiger partial charge < -0.3 is 9.47 Å². The molecule has 126 valence electrons. The van der Waals surface area contributed by atoms with Crippen LogP contribution in [0, 0.1) is 5.92 Å². The second-order valence-electron chi connectivity index (χ2n) is 5.46. The summed E-state index contributed by atoms with van der Waals surface area (Å²) in [4.78, 5) is 11.9. The van der Waals surface area contributed by atoms with E-state index in [1.165, 1.54) is 0 Å². The lowest BCUT2D eigenvalue weighted by atomic mass is 9.95. The molecule has 0 saturated carbocycles. The Bertz CT molecular complexity index is 645. The number of hydrogen-bond acceptors (Lipinski definition) is 5. The first-order valence-corrected chi connectivity index (χ1v) is 8.84. The molecule has 1 heterocycles. The first-order chi connectivity index (χ1) is 11.0. The lowest BCUT2D eigenvalue weighted by molar-refractivity contribution is -0.125. The standard InChI is InChI=1S/C16H22N2O4S/c1-10-7-16(19)18-17-12(10)6-5-11-8-14(22-3)15(23(4)20)9-13(11)21-2/h5-6,8-10,12,17H,7H2,1-4H3,(H,18,19)/b6-5+. The summed E-state index contributed by atoms with van der Waals surface area (Å²) >= 11 is 0. The number of nitrogens with one attached hydrogen (secondary N) is 2. The van der Waals surface area contributed by atoms with E-state index in [1.807, 2.05) is 19.1 Å². The van der Waals surface area contributed by atoms with Crippen molar-refractivity contribution in [1.29, 1.82) is 0 Å². The van der Waals surface area contributed by atoms with Crippen LogP contribution in [0.15, 0.2) is 23.1 Å². The van der Waals surface area contributed by atoms with E-state index >= 15 is 0 Å². The van der Waals surface area contributed by atoms with Crippen molar-refractivity contribution in [3.63, 3.8) is 0 Å². The predicted molar refractivity (Wildman–Crippen MR) is 89.8 cm³/mol. The van der Waals surface area contributed by atoms with Gasteiger partial charge in [0.2, 0.25) is 5.91 Å². The normalized spacial score (nSPS) is 22.7. The molecule has 1 aliphatic rings. The molecule has 7 heteroatoms. The van der Waals surface area contributed by atoms with Crippen LogP contribution in [-0.2, 0) is 15.6 Å². The van der Waals surface area contributed by atoms with E-state index in [1.54, 1.807) is 32.6 Å². The molecule has 2 rings (SSSR count). The van der Waals surface area contributed by atoms with Gasteiger partial charge in [0.15, 0.2) is 0 Å². The number of carbonyl (C=O) groups is 1. The molecule has 1 fully saturated rings. The summed E-state index contributed by atoms with van der Waals surface area (Å²) in [5.41, 5.74) is 6.44. The monoisotopic (exact) mass is 338 g/mol. The quantitative estimate of drug-likeness (QED) is 0.850. The van der Waals surface area contributed by atoms with Gasteiger partial charge in [-0.05, 0) is 12.0 Å². The van der Waals surface area contributed by atoms with Gasteiger partial charge in [-0.15, -0.1) is 0 Å². The molecule has 3 unspecified atom stereocenters. The lowest BCUT2D eigenvalue weighted by Gasteiger charge is -2.27. The molecule has 6 nitrogen and oxygen atoms in total. The number of ether oxygens (including phenoxy) is 2. The van der Waals surface area contributed by atoms with Gasteiger partial charge >= 0.3 is 0 Å². The predicted octanol–water partition coefficient (Wildman–Crippen LogP) is 1.48. The average Bonchev–Trinajstić information content (AvgIpc) is 2.53. The highest BCUT2D eigenvalue weighted by Gasteiger charge is 2.23. The average molecular weight is 338 g/mol. The number of hydrazine groups is 1. The van der Waals surface area contributed by atoms with Crippen LogP contribution in [0.4, 0.5) is 0 Å². The second-order valence-corrected chi connectivity index (χ2v) is 6.81. The molecule has 1 aromatic carbocycles. The molecular weight excluding hydrogens is 316 g/mol. The summed E-state index contributed by atoms with van der Waals surface area (Å²) in [5.74, 6) is 1.37. The van der Waals surface area contributed by atoms with Gasteiger partial charge in [-0.1, -0.05) is 19.1 Å². The molecule has 0 radical (unpaired) electrons. The van der Waals surface area contributed by atoms with Crippen molar-refractivity contribution in [1.82, 2.24) is 10.9 Å². The van der Waals surface area contributed by atoms with Gasteiger partial charge in [-0.2, -0.15) is 0 Å². The zero-order valence-corrected chi connectivity index (χ0v) is 14.5. The molecule has 3 atom stereocenters. The van der Waals surface area contributed by atoms with Crippen LogP contribution >= 0.6 is 0 Å². The smallest absolute Gasteiger partial charge is 0.234 e. The van der Waals surface area contributed by atoms with E-state index in [9.17, 15) is 9.00 Å². The Morgan fingerprint density at radius 3 is 2.52 bits per heavy atom. The largest absolute Gasteiger partial charge is 0.496 e. The molecule has 0 aromatic heterocycles. The zero-order chi connectivity index (χ0) is 17.0. The van der Waals surface area contributed by atoms with Crippen molar-refractivity contribution in [3.05, 3.63) is 23.8 Å². The summed E-state index contributed by atoms with van der Waals surface area (Å²) in [6.07, 6.45) is 5.97. The Kier molecular flexibility index (Phi) is 5.79. The maximum Gasteiger partial charge on any atom is 0.234 e. The summed E-state index contributed by atoms with van der Waals surface area (Å²) in [5, 5.41) is 0. The minimum absolute atomic E-state index is 0.00354. The van der Waals surface area contributed by atoms with Crippen molar-refractivity contribution in [2.75, 3.05) is 20.5 Å². The summed E-state index contributed by atoms with van der Waals surface area (Å²) in [6.45, 7) is 2.02. The third-order valence-electron chi connectivity index (χ3n) is 3.81. The number of carbonyl (C=O) groups excluding carboxylic acids is 1. The van der Waals surface area contributed by atoms with Gasteiger partial charge in [-0.3, -0.25) is 14.4 Å². The van der Waals surface area contributed by atoms with Crippen LogP contribution < -0.4 is 20.3 Å². The van der Waals surface area contributed by atoms with E-state index in [0.29, 0.717) is 22.8 Å². The molecule has 1 amide bonds. The third kappa shape index (κ3) is 4.11. The van der Waals surface area contributed by atoms with Gasteiger partial charge in [0.1, 0.15) is 11.5 Å². The van der Waals surface area contributed by atoms with E-state index in [2.05, 4.69) is 10.9 Å². The van der Waals surface area contributed by atoms with Crippen LogP contribution in [-0.4, -0.2) is 36.6 Å². The Morgan fingerprint density at radius 1 is 1.26 bits per heavy atom. The van der Waals surface area contributed by atoms with Crippen molar-refractivity contribution < 1.29 is 18.5 Å². The molecule has 0 bridgehead atoms. The van der Waals surface area contributed by atoms with E-state index in [0.717, 1.165) is 5.56 Å².